The molecule has 4 unspecified atom stereocenters. The number of carbonyl (C=O) groups excluding carboxylic acids is 4. The van der Waals surface area contributed by atoms with Gasteiger partial charge in [-0.25, -0.2) is 0 Å². The second-order valence-electron chi connectivity index (χ2n) is 8.77. The fraction of sp³-hybridized carbons (Fsp3) is 0.810. The second-order valence-corrected chi connectivity index (χ2v) is 8.77. The number of carbonyl (C=O) groups is 4. The first-order chi connectivity index (χ1) is 14.5. The summed E-state index contributed by atoms with van der Waals surface area (Å²) < 4.78 is 0. The van der Waals surface area contributed by atoms with Gasteiger partial charge in [0.2, 0.25) is 17.7 Å². The number of hydrogen-bond donors (Lipinski definition) is 5. The topological polar surface area (TPSA) is 140 Å². The van der Waals surface area contributed by atoms with E-state index in [-0.39, 0.29) is 36.6 Å². The summed E-state index contributed by atoms with van der Waals surface area (Å²) in [6.07, 6.45) is 0.488. The van der Waals surface area contributed by atoms with Crippen LogP contribution in [-0.2, 0) is 19.2 Å². The van der Waals surface area contributed by atoms with Gasteiger partial charge in [-0.05, 0) is 38.6 Å². The van der Waals surface area contributed by atoms with E-state index in [1.165, 1.54) is 6.92 Å². The molecule has 178 valence electrons. The van der Waals surface area contributed by atoms with E-state index < -0.39 is 36.2 Å². The number of ketones is 1. The maximum atomic E-state index is 13.0. The van der Waals surface area contributed by atoms with E-state index in [0.717, 1.165) is 6.42 Å². The fourth-order valence-corrected chi connectivity index (χ4v) is 3.68. The number of amides is 3. The van der Waals surface area contributed by atoms with Crippen molar-refractivity contribution in [2.45, 2.75) is 71.8 Å². The number of aliphatic hydroxyl groups excluding tert-OH is 1. The van der Waals surface area contributed by atoms with Gasteiger partial charge < -0.3 is 26.0 Å². The molecule has 1 rings (SSSR count). The molecule has 0 aromatic carbocycles. The lowest BCUT2D eigenvalue weighted by Gasteiger charge is -2.30. The molecule has 1 saturated heterocycles. The predicted molar refractivity (Wildman–Crippen MR) is 117 cm³/mol. The van der Waals surface area contributed by atoms with Crippen LogP contribution in [-0.4, -0.2) is 84.5 Å². The van der Waals surface area contributed by atoms with Crippen molar-refractivity contribution in [1.29, 1.82) is 0 Å². The van der Waals surface area contributed by atoms with Gasteiger partial charge in [0.1, 0.15) is 12.3 Å². The molecule has 4 atom stereocenters. The van der Waals surface area contributed by atoms with Crippen molar-refractivity contribution in [3.05, 3.63) is 0 Å². The Labute approximate surface area is 184 Å². The number of Topliss-reactive ketones (excluding diaryl/α,β-unsaturated/α-hetero) is 1. The second kappa shape index (κ2) is 12.7. The molecular weight excluding hydrogens is 402 g/mol. The lowest BCUT2D eigenvalue weighted by molar-refractivity contribution is -0.141. The maximum Gasteiger partial charge on any atom is 0.246 e. The van der Waals surface area contributed by atoms with Gasteiger partial charge >= 0.3 is 0 Å². The van der Waals surface area contributed by atoms with E-state index in [2.05, 4.69) is 21.3 Å². The van der Waals surface area contributed by atoms with E-state index >= 15 is 0 Å². The Balaban J connectivity index is 2.69. The van der Waals surface area contributed by atoms with E-state index in [4.69, 9.17) is 0 Å². The van der Waals surface area contributed by atoms with Gasteiger partial charge in [-0.2, -0.15) is 0 Å². The third-order valence-corrected chi connectivity index (χ3v) is 5.40. The van der Waals surface area contributed by atoms with E-state index in [1.807, 2.05) is 27.7 Å². The standard InChI is InChI=1S/C21H39N5O5/c1-12(2)18(24-16(28)10-22-6)20(30)23-11-17(29)25-19(13(3)4)21(31)26-9-7-8-15(26)14(5)27/h12-13,15-16,18-19,22,24,28H,7-11H2,1-6H3,(H,23,30)(H,25,29). The number of likely N-dealkylation sites (N-methyl/N-ethyl adjacent to an activating group) is 1. The Morgan fingerprint density at radius 2 is 1.68 bits per heavy atom. The van der Waals surface area contributed by atoms with Gasteiger partial charge in [0.25, 0.3) is 0 Å². The van der Waals surface area contributed by atoms with Crippen LogP contribution < -0.4 is 21.3 Å². The van der Waals surface area contributed by atoms with E-state index in [1.54, 1.807) is 11.9 Å². The third-order valence-electron chi connectivity index (χ3n) is 5.40. The molecule has 5 N–H and O–H groups in total. The zero-order valence-electron chi connectivity index (χ0n) is 19.5. The molecule has 0 saturated carbocycles. The predicted octanol–water partition coefficient (Wildman–Crippen LogP) is -1.02. The van der Waals surface area contributed by atoms with Gasteiger partial charge in [0, 0.05) is 13.1 Å². The molecule has 0 aromatic heterocycles. The molecule has 1 fully saturated rings. The number of nitrogens with one attached hydrogen (secondary N) is 4. The highest BCUT2D eigenvalue weighted by molar-refractivity contribution is 5.94. The van der Waals surface area contributed by atoms with Gasteiger partial charge in [0.15, 0.2) is 5.78 Å². The Bertz CT molecular complexity index is 640. The summed E-state index contributed by atoms with van der Waals surface area (Å²) in [6.45, 7) is 9.25. The summed E-state index contributed by atoms with van der Waals surface area (Å²) in [5.41, 5.74) is 0. The Morgan fingerprint density at radius 1 is 1.06 bits per heavy atom. The minimum absolute atomic E-state index is 0.0559. The first-order valence-corrected chi connectivity index (χ1v) is 11.0. The van der Waals surface area contributed by atoms with Gasteiger partial charge in [-0.1, -0.05) is 27.7 Å². The molecule has 0 aliphatic carbocycles. The molecule has 10 nitrogen and oxygen atoms in total. The average Bonchev–Trinajstić information content (AvgIpc) is 3.18. The minimum Gasteiger partial charge on any atom is -0.377 e. The molecule has 0 aromatic rings. The minimum atomic E-state index is -0.908. The summed E-state index contributed by atoms with van der Waals surface area (Å²) in [6, 6.07) is -1.90. The third kappa shape index (κ3) is 8.19. The summed E-state index contributed by atoms with van der Waals surface area (Å²) in [4.78, 5) is 51.3. The first-order valence-electron chi connectivity index (χ1n) is 11.0. The van der Waals surface area contributed by atoms with Crippen molar-refractivity contribution in [2.24, 2.45) is 11.8 Å². The van der Waals surface area contributed by atoms with Crippen molar-refractivity contribution < 1.29 is 24.3 Å². The Morgan fingerprint density at radius 3 is 2.19 bits per heavy atom. The van der Waals surface area contributed by atoms with Gasteiger partial charge in [0.05, 0.1) is 18.6 Å². The number of nitrogens with zero attached hydrogens (tertiary/aromatic N) is 1. The molecule has 0 bridgehead atoms. The number of aliphatic hydroxyl groups is 1. The summed E-state index contributed by atoms with van der Waals surface area (Å²) in [7, 11) is 1.69. The van der Waals surface area contributed by atoms with Crippen LogP contribution in [0.2, 0.25) is 0 Å². The SMILES string of the molecule is CNCC(O)NC(C(=O)NCC(=O)NC(C(=O)N1CCCC1C(C)=O)C(C)C)C(C)C. The zero-order chi connectivity index (χ0) is 23.7. The highest BCUT2D eigenvalue weighted by Gasteiger charge is 2.37. The van der Waals surface area contributed by atoms with Crippen LogP contribution in [0.3, 0.4) is 0 Å². The molecule has 10 heteroatoms. The van der Waals surface area contributed by atoms with Crippen molar-refractivity contribution in [3.8, 4) is 0 Å². The molecule has 1 heterocycles. The summed E-state index contributed by atoms with van der Waals surface area (Å²) >= 11 is 0. The normalized spacial score (nSPS) is 19.3. The van der Waals surface area contributed by atoms with Crippen molar-refractivity contribution in [2.75, 3.05) is 26.7 Å². The van der Waals surface area contributed by atoms with Crippen LogP contribution >= 0.6 is 0 Å². The van der Waals surface area contributed by atoms with Crippen LogP contribution in [0.4, 0.5) is 0 Å². The number of likely N-dealkylation sites (tertiary alicyclic amines) is 1. The van der Waals surface area contributed by atoms with Crippen LogP contribution in [0.15, 0.2) is 0 Å². The van der Waals surface area contributed by atoms with E-state index in [9.17, 15) is 24.3 Å². The maximum absolute atomic E-state index is 13.0. The number of hydrogen-bond acceptors (Lipinski definition) is 7. The Hall–Kier alpha value is -2.04. The number of rotatable bonds is 12. The smallest absolute Gasteiger partial charge is 0.246 e. The fourth-order valence-electron chi connectivity index (χ4n) is 3.68. The largest absolute Gasteiger partial charge is 0.377 e. The van der Waals surface area contributed by atoms with Crippen LogP contribution in [0.1, 0.15) is 47.5 Å². The van der Waals surface area contributed by atoms with Crippen molar-refractivity contribution in [1.82, 2.24) is 26.2 Å². The molecule has 1 aliphatic rings. The Kier molecular flexibility index (Phi) is 11.1. The molecule has 0 radical (unpaired) electrons. The first kappa shape index (κ1) is 27.0. The van der Waals surface area contributed by atoms with Gasteiger partial charge in [-0.3, -0.25) is 24.5 Å². The highest BCUT2D eigenvalue weighted by atomic mass is 16.3. The van der Waals surface area contributed by atoms with Crippen molar-refractivity contribution >= 4 is 23.5 Å². The van der Waals surface area contributed by atoms with Gasteiger partial charge in [-0.15, -0.1) is 0 Å². The quantitative estimate of drug-likeness (QED) is 0.244. The van der Waals surface area contributed by atoms with Crippen molar-refractivity contribution in [3.63, 3.8) is 0 Å². The molecule has 0 spiro atoms. The zero-order valence-corrected chi connectivity index (χ0v) is 19.5. The molecule has 31 heavy (non-hydrogen) atoms. The molecule has 1 aliphatic heterocycles. The molecule has 3 amide bonds. The average molecular weight is 442 g/mol. The summed E-state index contributed by atoms with van der Waals surface area (Å²) in [5, 5.41) is 20.8. The van der Waals surface area contributed by atoms with Crippen LogP contribution in [0.25, 0.3) is 0 Å². The monoisotopic (exact) mass is 441 g/mol. The molecular formula is C21H39N5O5. The lowest BCUT2D eigenvalue weighted by Crippen LogP contribution is -2.57. The van der Waals surface area contributed by atoms with Crippen LogP contribution in [0, 0.1) is 11.8 Å². The lowest BCUT2D eigenvalue weighted by atomic mass is 10.0. The summed E-state index contributed by atoms with van der Waals surface area (Å²) in [5.74, 6) is -1.52. The highest BCUT2D eigenvalue weighted by Crippen LogP contribution is 2.20. The van der Waals surface area contributed by atoms with Crippen LogP contribution in [0.5, 0.6) is 0 Å². The van der Waals surface area contributed by atoms with E-state index in [0.29, 0.717) is 13.0 Å².